The predicted octanol–water partition coefficient (Wildman–Crippen LogP) is 3.93. The molecule has 3 heterocycles. The number of ether oxygens (including phenoxy) is 1. The van der Waals surface area contributed by atoms with Gasteiger partial charge in [-0.1, -0.05) is 6.07 Å². The van der Waals surface area contributed by atoms with Gasteiger partial charge in [-0.3, -0.25) is 0 Å². The highest BCUT2D eigenvalue weighted by molar-refractivity contribution is 5.91. The van der Waals surface area contributed by atoms with Crippen molar-refractivity contribution < 1.29 is 13.9 Å². The Morgan fingerprint density at radius 2 is 2.08 bits per heavy atom. The molecule has 138 valence electrons. The summed E-state index contributed by atoms with van der Waals surface area (Å²) in [6, 6.07) is 5.83. The van der Waals surface area contributed by atoms with Gasteiger partial charge in [0.1, 0.15) is 6.26 Å². The standard InChI is InChI=1S/C20H25N3O3/c1-14-2-3-16(19-21-7-11-26-19)12-18(14)22-20(24)23-8-4-17(13-23)15-5-9-25-10-6-15/h2-3,7,11-12,15,17H,4-6,8-10,13H2,1H3,(H,22,24). The molecule has 6 heteroatoms. The molecular formula is C20H25N3O3. The van der Waals surface area contributed by atoms with E-state index in [1.54, 1.807) is 12.5 Å². The summed E-state index contributed by atoms with van der Waals surface area (Å²) in [6.45, 7) is 5.38. The van der Waals surface area contributed by atoms with Crippen LogP contribution in [-0.4, -0.2) is 42.2 Å². The summed E-state index contributed by atoms with van der Waals surface area (Å²) < 4.78 is 10.8. The first-order valence-corrected chi connectivity index (χ1v) is 9.35. The number of amides is 2. The molecule has 2 amide bonds. The van der Waals surface area contributed by atoms with Crippen LogP contribution >= 0.6 is 0 Å². The number of likely N-dealkylation sites (tertiary alicyclic amines) is 1. The van der Waals surface area contributed by atoms with E-state index in [9.17, 15) is 4.79 Å². The molecule has 2 aromatic rings. The molecule has 1 atom stereocenters. The second kappa shape index (κ2) is 7.50. The van der Waals surface area contributed by atoms with E-state index in [-0.39, 0.29) is 6.03 Å². The van der Waals surface area contributed by atoms with Crippen molar-refractivity contribution in [1.29, 1.82) is 0 Å². The van der Waals surface area contributed by atoms with Crippen LogP contribution in [0, 0.1) is 18.8 Å². The Morgan fingerprint density at radius 1 is 1.23 bits per heavy atom. The van der Waals surface area contributed by atoms with Gasteiger partial charge in [-0.25, -0.2) is 9.78 Å². The van der Waals surface area contributed by atoms with Crippen LogP contribution in [0.15, 0.2) is 35.1 Å². The van der Waals surface area contributed by atoms with Crippen LogP contribution in [0.2, 0.25) is 0 Å². The second-order valence-electron chi connectivity index (χ2n) is 7.24. The van der Waals surface area contributed by atoms with Gasteiger partial charge in [0.2, 0.25) is 5.89 Å². The third kappa shape index (κ3) is 3.60. The lowest BCUT2D eigenvalue weighted by atomic mass is 9.85. The maximum absolute atomic E-state index is 12.7. The topological polar surface area (TPSA) is 67.6 Å². The molecule has 0 radical (unpaired) electrons. The number of hydrogen-bond acceptors (Lipinski definition) is 4. The Balaban J connectivity index is 1.41. The predicted molar refractivity (Wildman–Crippen MR) is 98.9 cm³/mol. The minimum Gasteiger partial charge on any atom is -0.445 e. The number of nitrogens with zero attached hydrogens (tertiary/aromatic N) is 2. The highest BCUT2D eigenvalue weighted by Crippen LogP contribution is 2.32. The van der Waals surface area contributed by atoms with Gasteiger partial charge in [0.25, 0.3) is 0 Å². The fourth-order valence-corrected chi connectivity index (χ4v) is 3.99. The van der Waals surface area contributed by atoms with Crippen molar-refractivity contribution in [3.05, 3.63) is 36.2 Å². The summed E-state index contributed by atoms with van der Waals surface area (Å²) in [5, 5.41) is 3.07. The van der Waals surface area contributed by atoms with Crippen molar-refractivity contribution in [2.45, 2.75) is 26.2 Å². The Kier molecular flexibility index (Phi) is 4.93. The lowest BCUT2D eigenvalue weighted by Gasteiger charge is -2.27. The van der Waals surface area contributed by atoms with Crippen molar-refractivity contribution in [1.82, 2.24) is 9.88 Å². The molecule has 2 aliphatic heterocycles. The molecule has 2 aliphatic rings. The number of aryl methyl sites for hydroxylation is 1. The van der Waals surface area contributed by atoms with E-state index in [0.29, 0.717) is 17.7 Å². The number of benzene rings is 1. The Morgan fingerprint density at radius 3 is 2.85 bits per heavy atom. The fraction of sp³-hybridized carbons (Fsp3) is 0.500. The van der Waals surface area contributed by atoms with Gasteiger partial charge in [0.15, 0.2) is 0 Å². The van der Waals surface area contributed by atoms with Gasteiger partial charge in [-0.2, -0.15) is 0 Å². The monoisotopic (exact) mass is 355 g/mol. The molecule has 26 heavy (non-hydrogen) atoms. The second-order valence-corrected chi connectivity index (χ2v) is 7.24. The van der Waals surface area contributed by atoms with Crippen molar-refractivity contribution in [3.63, 3.8) is 0 Å². The van der Waals surface area contributed by atoms with Crippen LogP contribution in [0.4, 0.5) is 10.5 Å². The SMILES string of the molecule is Cc1ccc(-c2ncco2)cc1NC(=O)N1CCC(C2CCOCC2)C1. The number of oxazole rings is 1. The number of rotatable bonds is 3. The minimum absolute atomic E-state index is 0.0211. The third-order valence-electron chi connectivity index (χ3n) is 5.60. The molecule has 1 aromatic heterocycles. The molecule has 2 saturated heterocycles. The van der Waals surface area contributed by atoms with Crippen molar-refractivity contribution in [2.75, 3.05) is 31.6 Å². The van der Waals surface area contributed by atoms with E-state index in [1.807, 2.05) is 30.0 Å². The highest BCUT2D eigenvalue weighted by Gasteiger charge is 2.32. The lowest BCUT2D eigenvalue weighted by molar-refractivity contribution is 0.0485. The molecular weight excluding hydrogens is 330 g/mol. The van der Waals surface area contributed by atoms with Crippen LogP contribution < -0.4 is 5.32 Å². The van der Waals surface area contributed by atoms with E-state index < -0.39 is 0 Å². The van der Waals surface area contributed by atoms with Crippen molar-refractivity contribution in [2.24, 2.45) is 11.8 Å². The van der Waals surface area contributed by atoms with E-state index >= 15 is 0 Å². The first-order chi connectivity index (χ1) is 12.7. The molecule has 4 rings (SSSR count). The third-order valence-corrected chi connectivity index (χ3v) is 5.60. The number of carbonyl (C=O) groups is 1. The molecule has 0 bridgehead atoms. The van der Waals surface area contributed by atoms with Crippen LogP contribution in [0.5, 0.6) is 0 Å². The summed E-state index contributed by atoms with van der Waals surface area (Å²) in [5.74, 6) is 1.85. The van der Waals surface area contributed by atoms with Gasteiger partial charge in [-0.15, -0.1) is 0 Å². The number of nitrogens with one attached hydrogen (secondary N) is 1. The highest BCUT2D eigenvalue weighted by atomic mass is 16.5. The van der Waals surface area contributed by atoms with Gasteiger partial charge in [0, 0.05) is 37.6 Å². The number of carbonyl (C=O) groups excluding carboxylic acids is 1. The Bertz CT molecular complexity index is 754. The van der Waals surface area contributed by atoms with Crippen LogP contribution in [-0.2, 0) is 4.74 Å². The molecule has 1 aromatic carbocycles. The molecule has 1 N–H and O–H groups in total. The van der Waals surface area contributed by atoms with E-state index in [0.717, 1.165) is 62.4 Å². The fourth-order valence-electron chi connectivity index (χ4n) is 3.99. The van der Waals surface area contributed by atoms with Crippen molar-refractivity contribution in [3.8, 4) is 11.5 Å². The normalized spacial score (nSPS) is 21.1. The maximum Gasteiger partial charge on any atom is 0.321 e. The first-order valence-electron chi connectivity index (χ1n) is 9.35. The zero-order valence-electron chi connectivity index (χ0n) is 15.1. The maximum atomic E-state index is 12.7. The number of hydrogen-bond donors (Lipinski definition) is 1. The summed E-state index contributed by atoms with van der Waals surface area (Å²) in [6.07, 6.45) is 6.50. The largest absolute Gasteiger partial charge is 0.445 e. The smallest absolute Gasteiger partial charge is 0.321 e. The van der Waals surface area contributed by atoms with E-state index in [4.69, 9.17) is 9.15 Å². The zero-order valence-corrected chi connectivity index (χ0v) is 15.1. The molecule has 1 unspecified atom stereocenters. The van der Waals surface area contributed by atoms with Crippen LogP contribution in [0.25, 0.3) is 11.5 Å². The summed E-state index contributed by atoms with van der Waals surface area (Å²) in [4.78, 5) is 18.9. The Labute approximate surface area is 153 Å². The van der Waals surface area contributed by atoms with Gasteiger partial charge in [0.05, 0.1) is 6.20 Å². The average molecular weight is 355 g/mol. The average Bonchev–Trinajstić information content (AvgIpc) is 3.36. The molecule has 0 spiro atoms. The van der Waals surface area contributed by atoms with Gasteiger partial charge in [-0.05, 0) is 55.7 Å². The van der Waals surface area contributed by atoms with Crippen molar-refractivity contribution >= 4 is 11.7 Å². The number of anilines is 1. The van der Waals surface area contributed by atoms with E-state index in [1.165, 1.54) is 0 Å². The lowest BCUT2D eigenvalue weighted by Crippen LogP contribution is -2.34. The summed E-state index contributed by atoms with van der Waals surface area (Å²) in [7, 11) is 0. The zero-order chi connectivity index (χ0) is 17.9. The number of aromatic nitrogens is 1. The van der Waals surface area contributed by atoms with Gasteiger partial charge < -0.3 is 19.4 Å². The number of urea groups is 1. The Hall–Kier alpha value is -2.34. The minimum atomic E-state index is -0.0211. The molecule has 6 nitrogen and oxygen atoms in total. The summed E-state index contributed by atoms with van der Waals surface area (Å²) in [5.41, 5.74) is 2.69. The molecule has 0 saturated carbocycles. The summed E-state index contributed by atoms with van der Waals surface area (Å²) >= 11 is 0. The van der Waals surface area contributed by atoms with Crippen LogP contribution in [0.3, 0.4) is 0 Å². The molecule has 0 aliphatic carbocycles. The quantitative estimate of drug-likeness (QED) is 0.906. The first kappa shape index (κ1) is 17.1. The van der Waals surface area contributed by atoms with Crippen LogP contribution in [0.1, 0.15) is 24.8 Å². The molecule has 2 fully saturated rings. The van der Waals surface area contributed by atoms with Gasteiger partial charge >= 0.3 is 6.03 Å². The van der Waals surface area contributed by atoms with E-state index in [2.05, 4.69) is 10.3 Å².